The second-order valence-corrected chi connectivity index (χ2v) is 6.37. The van der Waals surface area contributed by atoms with Crippen LogP contribution in [0, 0.1) is 6.92 Å². The largest absolute Gasteiger partial charge is 0.352 e. The van der Waals surface area contributed by atoms with Gasteiger partial charge in [-0.25, -0.2) is 4.98 Å². The molecule has 5 heteroatoms. The molecule has 0 aliphatic rings. The molecule has 1 aromatic carbocycles. The standard InChI is InChI=1S/C19H30N4O/c1-5-22(6-2)13-9-10-15(3)20-19(24)14-23-16(4)21-17-11-7-8-12-18(17)23/h7-8,11-12,15H,5-6,9-10,13-14H2,1-4H3,(H,20,24). The van der Waals surface area contributed by atoms with E-state index < -0.39 is 0 Å². The summed E-state index contributed by atoms with van der Waals surface area (Å²) in [5.41, 5.74) is 1.95. The number of nitrogens with zero attached hydrogens (tertiary/aromatic N) is 3. The molecule has 132 valence electrons. The first kappa shape index (κ1) is 18.5. The van der Waals surface area contributed by atoms with E-state index >= 15 is 0 Å². The Kier molecular flexibility index (Phi) is 6.79. The van der Waals surface area contributed by atoms with Crippen molar-refractivity contribution in [2.24, 2.45) is 0 Å². The van der Waals surface area contributed by atoms with E-state index in [0.29, 0.717) is 6.54 Å². The van der Waals surface area contributed by atoms with Gasteiger partial charge in [-0.1, -0.05) is 26.0 Å². The van der Waals surface area contributed by atoms with Crippen LogP contribution in [0.25, 0.3) is 11.0 Å². The summed E-state index contributed by atoms with van der Waals surface area (Å²) in [4.78, 5) is 19.3. The second kappa shape index (κ2) is 8.83. The fraction of sp³-hybridized carbons (Fsp3) is 0.579. The average Bonchev–Trinajstić information content (AvgIpc) is 2.87. The maximum Gasteiger partial charge on any atom is 0.240 e. The van der Waals surface area contributed by atoms with Crippen LogP contribution in [0.5, 0.6) is 0 Å². The number of carbonyl (C=O) groups is 1. The lowest BCUT2D eigenvalue weighted by molar-refractivity contribution is -0.122. The molecule has 1 N–H and O–H groups in total. The van der Waals surface area contributed by atoms with Gasteiger partial charge in [0.2, 0.25) is 5.91 Å². The first-order valence-corrected chi connectivity index (χ1v) is 8.98. The van der Waals surface area contributed by atoms with E-state index in [1.54, 1.807) is 0 Å². The number of hydrogen-bond acceptors (Lipinski definition) is 3. The molecule has 1 aromatic heterocycles. The third-order valence-corrected chi connectivity index (χ3v) is 4.56. The summed E-state index contributed by atoms with van der Waals surface area (Å²) in [7, 11) is 0. The first-order chi connectivity index (χ1) is 11.5. The van der Waals surface area contributed by atoms with Crippen molar-refractivity contribution in [2.75, 3.05) is 19.6 Å². The van der Waals surface area contributed by atoms with E-state index in [2.05, 4.69) is 36.0 Å². The van der Waals surface area contributed by atoms with Crippen molar-refractivity contribution in [3.63, 3.8) is 0 Å². The normalized spacial score (nSPS) is 12.7. The van der Waals surface area contributed by atoms with Gasteiger partial charge in [-0.15, -0.1) is 0 Å². The summed E-state index contributed by atoms with van der Waals surface area (Å²) in [6, 6.07) is 8.14. The van der Waals surface area contributed by atoms with Gasteiger partial charge >= 0.3 is 0 Å². The molecule has 0 saturated carbocycles. The molecule has 0 spiro atoms. The van der Waals surface area contributed by atoms with Crippen LogP contribution in [-0.2, 0) is 11.3 Å². The second-order valence-electron chi connectivity index (χ2n) is 6.37. The zero-order chi connectivity index (χ0) is 17.5. The highest BCUT2D eigenvalue weighted by Gasteiger charge is 2.12. The highest BCUT2D eigenvalue weighted by molar-refractivity contribution is 5.81. The quantitative estimate of drug-likeness (QED) is 0.769. The number of amides is 1. The monoisotopic (exact) mass is 330 g/mol. The number of imidazole rings is 1. The topological polar surface area (TPSA) is 50.2 Å². The van der Waals surface area contributed by atoms with Crippen LogP contribution in [0.4, 0.5) is 0 Å². The maximum atomic E-state index is 12.4. The van der Waals surface area contributed by atoms with Crippen molar-refractivity contribution in [1.82, 2.24) is 19.8 Å². The molecule has 2 rings (SSSR count). The molecule has 2 aromatic rings. The maximum absolute atomic E-state index is 12.4. The third-order valence-electron chi connectivity index (χ3n) is 4.56. The van der Waals surface area contributed by atoms with Gasteiger partial charge in [0.1, 0.15) is 12.4 Å². The Morgan fingerprint density at radius 3 is 2.71 bits per heavy atom. The molecule has 1 heterocycles. The molecule has 1 unspecified atom stereocenters. The van der Waals surface area contributed by atoms with Gasteiger partial charge in [-0.3, -0.25) is 4.79 Å². The lowest BCUT2D eigenvalue weighted by Crippen LogP contribution is -2.36. The number of aryl methyl sites for hydroxylation is 1. The molecule has 0 aliphatic heterocycles. The molecule has 24 heavy (non-hydrogen) atoms. The van der Waals surface area contributed by atoms with Crippen molar-refractivity contribution >= 4 is 16.9 Å². The van der Waals surface area contributed by atoms with Gasteiger partial charge in [0, 0.05) is 6.04 Å². The number of hydrogen-bond donors (Lipinski definition) is 1. The molecule has 0 saturated heterocycles. The van der Waals surface area contributed by atoms with E-state index in [9.17, 15) is 4.79 Å². The molecule has 0 fully saturated rings. The molecule has 1 atom stereocenters. The van der Waals surface area contributed by atoms with E-state index in [0.717, 1.165) is 49.3 Å². The Hall–Kier alpha value is -1.88. The van der Waals surface area contributed by atoms with E-state index in [1.165, 1.54) is 0 Å². The Morgan fingerprint density at radius 2 is 2.00 bits per heavy atom. The summed E-state index contributed by atoms with van der Waals surface area (Å²) < 4.78 is 1.98. The van der Waals surface area contributed by atoms with Crippen LogP contribution < -0.4 is 5.32 Å². The number of fused-ring (bicyclic) bond motifs is 1. The van der Waals surface area contributed by atoms with Crippen LogP contribution in [0.1, 0.15) is 39.4 Å². The minimum Gasteiger partial charge on any atom is -0.352 e. The zero-order valence-corrected chi connectivity index (χ0v) is 15.4. The Labute approximate surface area is 145 Å². The Balaban J connectivity index is 1.85. The smallest absolute Gasteiger partial charge is 0.240 e. The van der Waals surface area contributed by atoms with Gasteiger partial charge in [0.15, 0.2) is 0 Å². The van der Waals surface area contributed by atoms with Crippen LogP contribution in [0.2, 0.25) is 0 Å². The summed E-state index contributed by atoms with van der Waals surface area (Å²) in [5, 5.41) is 3.11. The number of benzene rings is 1. The lowest BCUT2D eigenvalue weighted by Gasteiger charge is -2.20. The lowest BCUT2D eigenvalue weighted by atomic mass is 10.1. The van der Waals surface area contributed by atoms with Gasteiger partial charge in [-0.05, 0) is 58.5 Å². The zero-order valence-electron chi connectivity index (χ0n) is 15.4. The van der Waals surface area contributed by atoms with E-state index in [1.807, 2.05) is 35.8 Å². The first-order valence-electron chi connectivity index (χ1n) is 8.98. The summed E-state index contributed by atoms with van der Waals surface area (Å²) >= 11 is 0. The highest BCUT2D eigenvalue weighted by Crippen LogP contribution is 2.15. The number of rotatable bonds is 9. The molecule has 0 radical (unpaired) electrons. The predicted molar refractivity (Wildman–Crippen MR) is 99.1 cm³/mol. The molecular weight excluding hydrogens is 300 g/mol. The highest BCUT2D eigenvalue weighted by atomic mass is 16.2. The summed E-state index contributed by atoms with van der Waals surface area (Å²) in [6.45, 7) is 12.0. The Morgan fingerprint density at radius 1 is 1.29 bits per heavy atom. The van der Waals surface area contributed by atoms with Gasteiger partial charge in [0.05, 0.1) is 11.0 Å². The predicted octanol–water partition coefficient (Wildman–Crippen LogP) is 2.97. The molecular formula is C19H30N4O. The van der Waals surface area contributed by atoms with Crippen molar-refractivity contribution < 1.29 is 4.79 Å². The SMILES string of the molecule is CCN(CC)CCCC(C)NC(=O)Cn1c(C)nc2ccccc21. The van der Waals surface area contributed by atoms with Crippen LogP contribution >= 0.6 is 0 Å². The molecule has 1 amide bonds. The van der Waals surface area contributed by atoms with Crippen molar-refractivity contribution in [1.29, 1.82) is 0 Å². The van der Waals surface area contributed by atoms with Crippen LogP contribution in [-0.4, -0.2) is 46.0 Å². The van der Waals surface area contributed by atoms with Crippen LogP contribution in [0.3, 0.4) is 0 Å². The third kappa shape index (κ3) is 4.81. The van der Waals surface area contributed by atoms with E-state index in [4.69, 9.17) is 0 Å². The number of carbonyl (C=O) groups excluding carboxylic acids is 1. The summed E-state index contributed by atoms with van der Waals surface area (Å²) in [5.74, 6) is 0.928. The minimum absolute atomic E-state index is 0.0524. The summed E-state index contributed by atoms with van der Waals surface area (Å²) in [6.07, 6.45) is 2.11. The number of para-hydroxylation sites is 2. The van der Waals surface area contributed by atoms with Gasteiger partial charge in [-0.2, -0.15) is 0 Å². The molecule has 0 aliphatic carbocycles. The number of aromatic nitrogens is 2. The van der Waals surface area contributed by atoms with Crippen LogP contribution in [0.15, 0.2) is 24.3 Å². The number of nitrogens with one attached hydrogen (secondary N) is 1. The van der Waals surface area contributed by atoms with Crippen molar-refractivity contribution in [3.8, 4) is 0 Å². The van der Waals surface area contributed by atoms with Gasteiger partial charge in [0.25, 0.3) is 0 Å². The minimum atomic E-state index is 0.0524. The molecule has 0 bridgehead atoms. The van der Waals surface area contributed by atoms with Crippen molar-refractivity contribution in [3.05, 3.63) is 30.1 Å². The van der Waals surface area contributed by atoms with Gasteiger partial charge < -0.3 is 14.8 Å². The van der Waals surface area contributed by atoms with E-state index in [-0.39, 0.29) is 11.9 Å². The Bertz CT molecular complexity index is 660. The average molecular weight is 330 g/mol. The fourth-order valence-electron chi connectivity index (χ4n) is 3.09. The molecule has 5 nitrogen and oxygen atoms in total. The van der Waals surface area contributed by atoms with Crippen molar-refractivity contribution in [2.45, 2.75) is 53.1 Å². The fourth-order valence-corrected chi connectivity index (χ4v) is 3.09.